The molecule has 1 aliphatic heterocycles. The second-order valence-corrected chi connectivity index (χ2v) is 8.07. The van der Waals surface area contributed by atoms with E-state index in [1.54, 1.807) is 26.7 Å². The highest BCUT2D eigenvalue weighted by Gasteiger charge is 2.24. The van der Waals surface area contributed by atoms with Gasteiger partial charge in [0.1, 0.15) is 11.4 Å². The Morgan fingerprint density at radius 3 is 2.47 bits per heavy atom. The van der Waals surface area contributed by atoms with Gasteiger partial charge in [-0.05, 0) is 24.3 Å². The van der Waals surface area contributed by atoms with Crippen molar-refractivity contribution in [2.45, 2.75) is 0 Å². The first-order valence-electron chi connectivity index (χ1n) is 10.2. The van der Waals surface area contributed by atoms with E-state index in [0.29, 0.717) is 35.4 Å². The Hall–Kier alpha value is -3.46. The number of anilines is 3. The van der Waals surface area contributed by atoms with Gasteiger partial charge in [0.05, 0.1) is 21.3 Å². The lowest BCUT2D eigenvalue weighted by Gasteiger charge is -2.35. The van der Waals surface area contributed by atoms with E-state index in [1.165, 1.54) is 11.3 Å². The zero-order valence-corrected chi connectivity index (χ0v) is 19.1. The molecule has 0 radical (unpaired) electrons. The SMILES string of the molecule is COc1cccc(N2CCN(C(=O)c3csc(Nc4ccc(OC)c(OC)c4)n3)CC2)c1. The number of ether oxygens (including phenoxy) is 3. The Kier molecular flexibility index (Phi) is 6.65. The average molecular weight is 455 g/mol. The van der Waals surface area contributed by atoms with Crippen LogP contribution in [0.4, 0.5) is 16.5 Å². The smallest absolute Gasteiger partial charge is 0.273 e. The molecule has 0 bridgehead atoms. The fourth-order valence-electron chi connectivity index (χ4n) is 3.60. The Balaban J connectivity index is 1.37. The summed E-state index contributed by atoms with van der Waals surface area (Å²) in [6.45, 7) is 2.82. The molecule has 8 nitrogen and oxygen atoms in total. The number of benzene rings is 2. The van der Waals surface area contributed by atoms with Gasteiger partial charge in [-0.2, -0.15) is 0 Å². The lowest BCUT2D eigenvalue weighted by Crippen LogP contribution is -2.48. The Bertz CT molecular complexity index is 1080. The van der Waals surface area contributed by atoms with E-state index in [-0.39, 0.29) is 5.91 Å². The highest BCUT2D eigenvalue weighted by atomic mass is 32.1. The summed E-state index contributed by atoms with van der Waals surface area (Å²) in [5, 5.41) is 5.67. The van der Waals surface area contributed by atoms with Crippen LogP contribution in [0.3, 0.4) is 0 Å². The lowest BCUT2D eigenvalue weighted by molar-refractivity contribution is 0.0742. The maximum absolute atomic E-state index is 13.0. The predicted octanol–water partition coefficient (Wildman–Crippen LogP) is 3.87. The summed E-state index contributed by atoms with van der Waals surface area (Å²) in [4.78, 5) is 21.6. The van der Waals surface area contributed by atoms with Crippen molar-refractivity contribution in [3.8, 4) is 17.2 Å². The van der Waals surface area contributed by atoms with E-state index in [2.05, 4.69) is 21.3 Å². The van der Waals surface area contributed by atoms with Crippen LogP contribution in [0.15, 0.2) is 47.8 Å². The summed E-state index contributed by atoms with van der Waals surface area (Å²) >= 11 is 1.40. The summed E-state index contributed by atoms with van der Waals surface area (Å²) in [5.74, 6) is 2.06. The zero-order valence-electron chi connectivity index (χ0n) is 18.3. The number of methoxy groups -OCH3 is 3. The highest BCUT2D eigenvalue weighted by Crippen LogP contribution is 2.32. The summed E-state index contributed by atoms with van der Waals surface area (Å²) in [7, 11) is 4.86. The van der Waals surface area contributed by atoms with Crippen LogP contribution in [0.5, 0.6) is 17.2 Å². The minimum Gasteiger partial charge on any atom is -0.497 e. The van der Waals surface area contributed by atoms with Crippen LogP contribution in [0.1, 0.15) is 10.5 Å². The van der Waals surface area contributed by atoms with Crippen LogP contribution in [0.25, 0.3) is 0 Å². The Morgan fingerprint density at radius 1 is 0.969 bits per heavy atom. The number of nitrogens with zero attached hydrogens (tertiary/aromatic N) is 3. The minimum absolute atomic E-state index is 0.0492. The van der Waals surface area contributed by atoms with Gasteiger partial charge in [0.15, 0.2) is 16.6 Å². The van der Waals surface area contributed by atoms with Crippen molar-refractivity contribution in [1.82, 2.24) is 9.88 Å². The zero-order chi connectivity index (χ0) is 22.5. The Labute approximate surface area is 191 Å². The molecule has 0 aliphatic carbocycles. The number of hydrogen-bond donors (Lipinski definition) is 1. The van der Waals surface area contributed by atoms with Crippen LogP contribution in [-0.4, -0.2) is 63.3 Å². The third kappa shape index (κ3) is 4.72. The normalized spacial score (nSPS) is 13.6. The summed E-state index contributed by atoms with van der Waals surface area (Å²) in [6.07, 6.45) is 0. The van der Waals surface area contributed by atoms with Gasteiger partial charge in [-0.1, -0.05) is 6.07 Å². The van der Waals surface area contributed by atoms with E-state index in [1.807, 2.05) is 41.3 Å². The van der Waals surface area contributed by atoms with Crippen LogP contribution in [-0.2, 0) is 0 Å². The van der Waals surface area contributed by atoms with Crippen molar-refractivity contribution in [3.63, 3.8) is 0 Å². The van der Waals surface area contributed by atoms with E-state index in [9.17, 15) is 4.79 Å². The van der Waals surface area contributed by atoms with Crippen LogP contribution in [0, 0.1) is 0 Å². The lowest BCUT2D eigenvalue weighted by atomic mass is 10.2. The molecule has 0 saturated carbocycles. The van der Waals surface area contributed by atoms with E-state index < -0.39 is 0 Å². The number of carbonyl (C=O) groups is 1. The molecule has 32 heavy (non-hydrogen) atoms. The third-order valence-electron chi connectivity index (χ3n) is 5.34. The second kappa shape index (κ2) is 9.78. The Morgan fingerprint density at radius 2 is 1.75 bits per heavy atom. The molecule has 0 atom stereocenters. The molecule has 1 aliphatic rings. The number of carbonyl (C=O) groups excluding carboxylic acids is 1. The van der Waals surface area contributed by atoms with Gasteiger partial charge in [-0.15, -0.1) is 11.3 Å². The molecule has 3 aromatic rings. The van der Waals surface area contributed by atoms with Gasteiger partial charge in [-0.25, -0.2) is 4.98 Å². The number of rotatable bonds is 7. The standard InChI is InChI=1S/C23H26N4O4S/c1-29-18-6-4-5-17(14-18)26-9-11-27(12-10-26)22(28)19-15-32-23(25-19)24-16-7-8-20(30-2)21(13-16)31-3/h4-8,13-15H,9-12H2,1-3H3,(H,24,25). The molecule has 2 heterocycles. The topological polar surface area (TPSA) is 76.2 Å². The van der Waals surface area contributed by atoms with Crippen molar-refractivity contribution in [2.75, 3.05) is 57.7 Å². The van der Waals surface area contributed by atoms with E-state index in [0.717, 1.165) is 30.2 Å². The molecule has 9 heteroatoms. The first kappa shape index (κ1) is 21.8. The maximum Gasteiger partial charge on any atom is 0.273 e. The molecular weight excluding hydrogens is 428 g/mol. The molecular formula is C23H26N4O4S. The van der Waals surface area contributed by atoms with Gasteiger partial charge in [0, 0.05) is 55.1 Å². The average Bonchev–Trinajstić information content (AvgIpc) is 3.32. The quantitative estimate of drug-likeness (QED) is 0.581. The molecule has 1 amide bonds. The van der Waals surface area contributed by atoms with Crippen molar-refractivity contribution in [2.24, 2.45) is 0 Å². The number of aromatic nitrogens is 1. The first-order valence-corrected chi connectivity index (χ1v) is 11.1. The van der Waals surface area contributed by atoms with Crippen molar-refractivity contribution in [3.05, 3.63) is 53.5 Å². The van der Waals surface area contributed by atoms with Crippen molar-refractivity contribution in [1.29, 1.82) is 0 Å². The molecule has 1 aromatic heterocycles. The molecule has 1 fully saturated rings. The molecule has 0 spiro atoms. The number of amides is 1. The van der Waals surface area contributed by atoms with Crippen LogP contribution in [0.2, 0.25) is 0 Å². The molecule has 4 rings (SSSR count). The van der Waals surface area contributed by atoms with Gasteiger partial charge in [-0.3, -0.25) is 4.79 Å². The fourth-order valence-corrected chi connectivity index (χ4v) is 4.31. The largest absolute Gasteiger partial charge is 0.497 e. The van der Waals surface area contributed by atoms with E-state index in [4.69, 9.17) is 14.2 Å². The summed E-state index contributed by atoms with van der Waals surface area (Å²) in [6, 6.07) is 13.5. The van der Waals surface area contributed by atoms with Crippen LogP contribution >= 0.6 is 11.3 Å². The van der Waals surface area contributed by atoms with Crippen molar-refractivity contribution >= 4 is 33.8 Å². The van der Waals surface area contributed by atoms with Crippen molar-refractivity contribution < 1.29 is 19.0 Å². The van der Waals surface area contributed by atoms with Gasteiger partial charge in [0.25, 0.3) is 5.91 Å². The molecule has 0 unspecified atom stereocenters. The number of thiazole rings is 1. The minimum atomic E-state index is -0.0492. The first-order chi connectivity index (χ1) is 15.6. The fraction of sp³-hybridized carbons (Fsp3) is 0.304. The third-order valence-corrected chi connectivity index (χ3v) is 6.10. The second-order valence-electron chi connectivity index (χ2n) is 7.21. The summed E-state index contributed by atoms with van der Waals surface area (Å²) in [5.41, 5.74) is 2.36. The summed E-state index contributed by atoms with van der Waals surface area (Å²) < 4.78 is 15.9. The highest BCUT2D eigenvalue weighted by molar-refractivity contribution is 7.14. The van der Waals surface area contributed by atoms with Gasteiger partial charge in [0.2, 0.25) is 0 Å². The monoisotopic (exact) mass is 454 g/mol. The molecule has 168 valence electrons. The number of nitrogens with one attached hydrogen (secondary N) is 1. The van der Waals surface area contributed by atoms with Crippen LogP contribution < -0.4 is 24.4 Å². The molecule has 1 saturated heterocycles. The number of hydrogen-bond acceptors (Lipinski definition) is 8. The number of piperazine rings is 1. The molecule has 2 aromatic carbocycles. The van der Waals surface area contributed by atoms with Gasteiger partial charge >= 0.3 is 0 Å². The molecule has 1 N–H and O–H groups in total. The van der Waals surface area contributed by atoms with Gasteiger partial charge < -0.3 is 29.3 Å². The van der Waals surface area contributed by atoms with E-state index >= 15 is 0 Å². The predicted molar refractivity (Wildman–Crippen MR) is 126 cm³/mol. The maximum atomic E-state index is 13.0.